The van der Waals surface area contributed by atoms with Crippen LogP contribution in [0, 0.1) is 0 Å². The maximum Gasteiger partial charge on any atom is 0.228 e. The van der Waals surface area contributed by atoms with Crippen molar-refractivity contribution in [1.82, 2.24) is 4.98 Å². The van der Waals surface area contributed by atoms with Gasteiger partial charge in [0, 0.05) is 23.6 Å². The zero-order valence-corrected chi connectivity index (χ0v) is 10.7. The summed E-state index contributed by atoms with van der Waals surface area (Å²) in [5.74, 6) is 0.00840. The molecule has 0 saturated heterocycles. The van der Waals surface area contributed by atoms with Gasteiger partial charge in [0.05, 0.1) is 16.5 Å². The van der Waals surface area contributed by atoms with Crippen molar-refractivity contribution in [3.05, 3.63) is 46.2 Å². The van der Waals surface area contributed by atoms with Crippen LogP contribution in [-0.4, -0.2) is 10.9 Å². The highest BCUT2D eigenvalue weighted by Crippen LogP contribution is 2.36. The maximum atomic E-state index is 11.3. The van der Waals surface area contributed by atoms with Gasteiger partial charge in [-0.3, -0.25) is 9.78 Å². The van der Waals surface area contributed by atoms with E-state index in [-0.39, 0.29) is 5.91 Å². The molecule has 1 aliphatic heterocycles. The van der Waals surface area contributed by atoms with Gasteiger partial charge in [-0.2, -0.15) is 0 Å². The van der Waals surface area contributed by atoms with Crippen molar-refractivity contribution in [3.63, 3.8) is 0 Å². The number of amides is 1. The van der Waals surface area contributed by atoms with Crippen LogP contribution in [0.2, 0.25) is 10.0 Å². The minimum Gasteiger partial charge on any atom is -0.326 e. The van der Waals surface area contributed by atoms with E-state index in [1.54, 1.807) is 12.4 Å². The van der Waals surface area contributed by atoms with Crippen LogP contribution >= 0.6 is 23.2 Å². The molecule has 2 aromatic rings. The standard InChI is InChI=1S/C13H8Cl2N2O/c14-9-5-16-6-10(15)13(9)7-1-2-11-8(3-7)4-12(18)17-11/h1-3,5-6H,4H2,(H,17,18). The quantitative estimate of drug-likeness (QED) is 0.867. The topological polar surface area (TPSA) is 42.0 Å². The molecule has 5 heteroatoms. The van der Waals surface area contributed by atoms with Gasteiger partial charge in [0.2, 0.25) is 5.91 Å². The zero-order valence-electron chi connectivity index (χ0n) is 9.21. The molecule has 3 nitrogen and oxygen atoms in total. The first-order chi connectivity index (χ1) is 8.65. The Hall–Kier alpha value is -1.58. The SMILES string of the molecule is O=C1Cc2cc(-c3c(Cl)cncc3Cl)ccc2N1. The molecular weight excluding hydrogens is 271 g/mol. The second-order valence-electron chi connectivity index (χ2n) is 4.08. The summed E-state index contributed by atoms with van der Waals surface area (Å²) in [4.78, 5) is 15.2. The Morgan fingerprint density at radius 2 is 1.89 bits per heavy atom. The van der Waals surface area contributed by atoms with E-state index < -0.39 is 0 Å². The molecule has 1 amide bonds. The van der Waals surface area contributed by atoms with Gasteiger partial charge in [0.15, 0.2) is 0 Å². The average molecular weight is 279 g/mol. The number of fused-ring (bicyclic) bond motifs is 1. The highest BCUT2D eigenvalue weighted by Gasteiger charge is 2.19. The molecule has 0 spiro atoms. The Kier molecular flexibility index (Phi) is 2.73. The molecule has 90 valence electrons. The molecule has 0 saturated carbocycles. The number of hydrogen-bond donors (Lipinski definition) is 1. The Morgan fingerprint density at radius 1 is 1.17 bits per heavy atom. The fourth-order valence-electron chi connectivity index (χ4n) is 2.07. The van der Waals surface area contributed by atoms with Crippen LogP contribution in [0.15, 0.2) is 30.6 Å². The van der Waals surface area contributed by atoms with Crippen molar-refractivity contribution in [2.24, 2.45) is 0 Å². The van der Waals surface area contributed by atoms with Gasteiger partial charge in [-0.25, -0.2) is 0 Å². The number of nitrogens with zero attached hydrogens (tertiary/aromatic N) is 1. The molecule has 0 radical (unpaired) electrons. The minimum atomic E-state index is 0.00840. The van der Waals surface area contributed by atoms with Crippen LogP contribution in [0.5, 0.6) is 0 Å². The first-order valence-electron chi connectivity index (χ1n) is 5.37. The van der Waals surface area contributed by atoms with Crippen molar-refractivity contribution in [2.75, 3.05) is 5.32 Å². The monoisotopic (exact) mass is 278 g/mol. The van der Waals surface area contributed by atoms with E-state index in [2.05, 4.69) is 10.3 Å². The summed E-state index contributed by atoms with van der Waals surface area (Å²) in [5.41, 5.74) is 3.45. The van der Waals surface area contributed by atoms with Crippen LogP contribution in [0.4, 0.5) is 5.69 Å². The van der Waals surface area contributed by atoms with Gasteiger partial charge in [-0.1, -0.05) is 29.3 Å². The summed E-state index contributed by atoms with van der Waals surface area (Å²) in [6.45, 7) is 0. The van der Waals surface area contributed by atoms with Gasteiger partial charge >= 0.3 is 0 Å². The van der Waals surface area contributed by atoms with Crippen LogP contribution in [-0.2, 0) is 11.2 Å². The summed E-state index contributed by atoms with van der Waals surface area (Å²) in [6.07, 6.45) is 3.50. The number of carbonyl (C=O) groups excluding carboxylic acids is 1. The Morgan fingerprint density at radius 3 is 2.61 bits per heavy atom. The molecular formula is C13H8Cl2N2O. The third kappa shape index (κ3) is 1.85. The van der Waals surface area contributed by atoms with E-state index in [0.29, 0.717) is 16.5 Å². The summed E-state index contributed by atoms with van der Waals surface area (Å²) >= 11 is 12.2. The summed E-state index contributed by atoms with van der Waals surface area (Å²) in [5, 5.41) is 3.79. The van der Waals surface area contributed by atoms with Crippen LogP contribution in [0.1, 0.15) is 5.56 Å². The molecule has 1 aromatic heterocycles. The fraction of sp³-hybridized carbons (Fsp3) is 0.0769. The molecule has 0 atom stereocenters. The highest BCUT2D eigenvalue weighted by molar-refractivity contribution is 6.39. The molecule has 1 aromatic carbocycles. The molecule has 2 heterocycles. The molecule has 1 aliphatic rings. The smallest absolute Gasteiger partial charge is 0.228 e. The second kappa shape index (κ2) is 4.26. The van der Waals surface area contributed by atoms with Gasteiger partial charge in [-0.05, 0) is 23.3 Å². The van der Waals surface area contributed by atoms with Gasteiger partial charge in [0.1, 0.15) is 0 Å². The fourth-order valence-corrected chi connectivity index (χ4v) is 2.65. The number of carbonyl (C=O) groups is 1. The number of halogens is 2. The highest BCUT2D eigenvalue weighted by atomic mass is 35.5. The number of hydrogen-bond acceptors (Lipinski definition) is 2. The van der Waals surface area contributed by atoms with E-state index in [9.17, 15) is 4.79 Å². The summed E-state index contributed by atoms with van der Waals surface area (Å²) in [7, 11) is 0. The van der Waals surface area contributed by atoms with Crippen LogP contribution in [0.25, 0.3) is 11.1 Å². The van der Waals surface area contributed by atoms with Crippen LogP contribution < -0.4 is 5.32 Å². The number of aromatic nitrogens is 1. The largest absolute Gasteiger partial charge is 0.326 e. The van der Waals surface area contributed by atoms with Crippen molar-refractivity contribution in [2.45, 2.75) is 6.42 Å². The molecule has 0 fully saturated rings. The molecule has 0 aliphatic carbocycles. The van der Waals surface area contributed by atoms with E-state index in [1.807, 2.05) is 18.2 Å². The van der Waals surface area contributed by atoms with Crippen molar-refractivity contribution in [3.8, 4) is 11.1 Å². The van der Waals surface area contributed by atoms with Crippen molar-refractivity contribution in [1.29, 1.82) is 0 Å². The maximum absolute atomic E-state index is 11.3. The third-order valence-electron chi connectivity index (χ3n) is 2.87. The molecule has 18 heavy (non-hydrogen) atoms. The van der Waals surface area contributed by atoms with Gasteiger partial charge in [0.25, 0.3) is 0 Å². The molecule has 0 bridgehead atoms. The molecule has 0 unspecified atom stereocenters. The van der Waals surface area contributed by atoms with E-state index >= 15 is 0 Å². The van der Waals surface area contributed by atoms with Crippen molar-refractivity contribution >= 4 is 34.8 Å². The summed E-state index contributed by atoms with van der Waals surface area (Å²) < 4.78 is 0. The lowest BCUT2D eigenvalue weighted by molar-refractivity contribution is -0.115. The first-order valence-corrected chi connectivity index (χ1v) is 6.13. The van der Waals surface area contributed by atoms with Gasteiger partial charge < -0.3 is 5.32 Å². The van der Waals surface area contributed by atoms with Gasteiger partial charge in [-0.15, -0.1) is 0 Å². The number of rotatable bonds is 1. The number of nitrogens with one attached hydrogen (secondary N) is 1. The lowest BCUT2D eigenvalue weighted by Crippen LogP contribution is -2.03. The first kappa shape index (κ1) is 11.5. The van der Waals surface area contributed by atoms with E-state index in [1.165, 1.54) is 0 Å². The van der Waals surface area contributed by atoms with E-state index in [4.69, 9.17) is 23.2 Å². The predicted molar refractivity (Wildman–Crippen MR) is 72.0 cm³/mol. The Bertz CT molecular complexity index is 635. The summed E-state index contributed by atoms with van der Waals surface area (Å²) in [6, 6.07) is 5.68. The average Bonchev–Trinajstić information content (AvgIpc) is 2.68. The normalized spacial score (nSPS) is 13.3. The number of benzene rings is 1. The second-order valence-corrected chi connectivity index (χ2v) is 4.89. The zero-order chi connectivity index (χ0) is 12.7. The predicted octanol–water partition coefficient (Wildman–Crippen LogP) is 3.55. The Labute approximate surface area is 114 Å². The van der Waals surface area contributed by atoms with Crippen molar-refractivity contribution < 1.29 is 4.79 Å². The minimum absolute atomic E-state index is 0.00840. The number of pyridine rings is 1. The third-order valence-corrected chi connectivity index (χ3v) is 3.45. The molecule has 1 N–H and O–H groups in total. The van der Waals surface area contributed by atoms with Crippen LogP contribution in [0.3, 0.4) is 0 Å². The number of anilines is 1. The Balaban J connectivity index is 2.14. The lowest BCUT2D eigenvalue weighted by Gasteiger charge is -2.08. The molecule has 3 rings (SSSR count). The van der Waals surface area contributed by atoms with E-state index in [0.717, 1.165) is 22.4 Å². The lowest BCUT2D eigenvalue weighted by atomic mass is 10.0.